The molecule has 0 spiro atoms. The Kier molecular flexibility index (Phi) is 5.92. The largest absolute Gasteiger partial charge is 0.346 e. The second kappa shape index (κ2) is 8.89. The Bertz CT molecular complexity index is 1530. The van der Waals surface area contributed by atoms with Crippen LogP contribution in [0.15, 0.2) is 16.9 Å². The van der Waals surface area contributed by atoms with Crippen LogP contribution in [0.2, 0.25) is 0 Å². The highest BCUT2D eigenvalue weighted by Crippen LogP contribution is 2.53. The second-order valence-corrected chi connectivity index (χ2v) is 12.5. The number of carbonyl (C=O) groups excluding carboxylic acids is 1. The maximum absolute atomic E-state index is 12.1. The summed E-state index contributed by atoms with van der Waals surface area (Å²) in [7, 11) is 0. The van der Waals surface area contributed by atoms with Crippen LogP contribution in [0.25, 0.3) is 27.1 Å². The number of amides is 1. The third-order valence-corrected chi connectivity index (χ3v) is 10.2. The zero-order valence-corrected chi connectivity index (χ0v) is 23.5. The Morgan fingerprint density at radius 3 is 2.75 bits per heavy atom. The van der Waals surface area contributed by atoms with E-state index in [1.807, 2.05) is 22.1 Å². The normalized spacial score (nSPS) is 22.6. The van der Waals surface area contributed by atoms with Crippen LogP contribution >= 0.6 is 11.3 Å². The molecular weight excluding hydrogens is 488 g/mol. The van der Waals surface area contributed by atoms with Gasteiger partial charge in [0, 0.05) is 34.6 Å². The van der Waals surface area contributed by atoms with Crippen molar-refractivity contribution in [1.29, 1.82) is 0 Å². The molecule has 3 atom stereocenters. The highest BCUT2D eigenvalue weighted by Gasteiger charge is 2.46. The van der Waals surface area contributed by atoms with E-state index in [1.54, 1.807) is 11.2 Å². The van der Waals surface area contributed by atoms with E-state index in [1.165, 1.54) is 50.1 Å². The number of likely N-dealkylation sites (tertiary alicyclic amines) is 1. The van der Waals surface area contributed by atoms with Gasteiger partial charge < -0.3 is 4.98 Å². The molecular formula is C27H34N6OS2. The molecule has 2 bridgehead atoms. The van der Waals surface area contributed by atoms with Crippen molar-refractivity contribution in [2.45, 2.75) is 65.3 Å². The number of aromatic nitrogens is 4. The van der Waals surface area contributed by atoms with E-state index in [0.29, 0.717) is 30.3 Å². The van der Waals surface area contributed by atoms with E-state index >= 15 is 0 Å². The predicted octanol–water partition coefficient (Wildman–Crippen LogP) is 5.32. The Balaban J connectivity index is 1.37. The molecule has 0 radical (unpaired) electrons. The van der Waals surface area contributed by atoms with Gasteiger partial charge in [0.15, 0.2) is 5.65 Å². The van der Waals surface area contributed by atoms with Gasteiger partial charge in [0.25, 0.3) is 5.91 Å². The van der Waals surface area contributed by atoms with Gasteiger partial charge in [-0.05, 0) is 79.9 Å². The van der Waals surface area contributed by atoms with Crippen LogP contribution in [0.5, 0.6) is 0 Å². The van der Waals surface area contributed by atoms with Crippen molar-refractivity contribution < 1.29 is 4.79 Å². The fraction of sp³-hybridized carbons (Fsp3) is 0.519. The predicted molar refractivity (Wildman–Crippen MR) is 149 cm³/mol. The molecule has 2 unspecified atom stereocenters. The minimum Gasteiger partial charge on any atom is -0.346 e. The van der Waals surface area contributed by atoms with Gasteiger partial charge in [-0.2, -0.15) is 9.46 Å². The summed E-state index contributed by atoms with van der Waals surface area (Å²) in [4.78, 5) is 25.6. The molecule has 190 valence electrons. The molecule has 4 aromatic rings. The fourth-order valence-electron chi connectivity index (χ4n) is 6.72. The summed E-state index contributed by atoms with van der Waals surface area (Å²) in [5.74, 6) is 1.63. The average Bonchev–Trinajstić information content (AvgIpc) is 3.63. The number of thiol groups is 1. The summed E-state index contributed by atoms with van der Waals surface area (Å²) in [5.41, 5.74) is 8.61. The van der Waals surface area contributed by atoms with Gasteiger partial charge in [-0.15, -0.1) is 22.9 Å². The molecule has 1 saturated carbocycles. The number of rotatable bonds is 5. The van der Waals surface area contributed by atoms with Crippen LogP contribution < -0.4 is 0 Å². The minimum atomic E-state index is 0.0209. The van der Waals surface area contributed by atoms with E-state index in [0.717, 1.165) is 30.2 Å². The maximum Gasteiger partial charge on any atom is 0.265 e. The Morgan fingerprint density at radius 1 is 1.25 bits per heavy atom. The first-order valence-corrected chi connectivity index (χ1v) is 14.9. The van der Waals surface area contributed by atoms with Gasteiger partial charge in [0.1, 0.15) is 11.2 Å². The van der Waals surface area contributed by atoms with Crippen LogP contribution in [0, 0.1) is 26.7 Å². The standard InChI is InChI=1S/C27H34N6OS2/c1-13(2)22-23-16(5)25(19-8-18-7-17(19)9-32(18)11-21(34)31-35-6)36-27(23)30-24(22)20-10-33-26(28-12-29-33)15(4)14(20)3/h10,12-13,17-19,30,35H,7-9,11H2,1-6H3/t17?,18?,19-/m1/s1. The monoisotopic (exact) mass is 522 g/mol. The third kappa shape index (κ3) is 3.62. The van der Waals surface area contributed by atoms with Gasteiger partial charge in [-0.3, -0.25) is 9.69 Å². The Labute approximate surface area is 219 Å². The summed E-state index contributed by atoms with van der Waals surface area (Å²) in [6.07, 6.45) is 8.00. The van der Waals surface area contributed by atoms with Crippen molar-refractivity contribution in [3.8, 4) is 11.3 Å². The number of thiophene rings is 1. The number of pyridine rings is 1. The lowest BCUT2D eigenvalue weighted by atomic mass is 9.88. The van der Waals surface area contributed by atoms with Crippen LogP contribution in [-0.4, -0.2) is 55.8 Å². The number of hydrogen-bond acceptors (Lipinski definition) is 5. The summed E-state index contributed by atoms with van der Waals surface area (Å²) in [5, 5.41) is 5.83. The summed E-state index contributed by atoms with van der Waals surface area (Å²) >= 11 is 2.76. The van der Waals surface area contributed by atoms with Crippen LogP contribution in [0.1, 0.15) is 65.7 Å². The first-order valence-electron chi connectivity index (χ1n) is 12.8. The van der Waals surface area contributed by atoms with E-state index in [4.69, 9.17) is 0 Å². The van der Waals surface area contributed by atoms with E-state index in [9.17, 15) is 4.79 Å². The lowest BCUT2D eigenvalue weighted by Crippen LogP contribution is -2.38. The van der Waals surface area contributed by atoms with E-state index in [-0.39, 0.29) is 5.91 Å². The average molecular weight is 523 g/mol. The number of fused-ring (bicyclic) bond motifs is 4. The van der Waals surface area contributed by atoms with Crippen molar-refractivity contribution in [3.05, 3.63) is 39.7 Å². The van der Waals surface area contributed by atoms with Crippen molar-refractivity contribution in [2.24, 2.45) is 10.3 Å². The number of hydrogen-bond donors (Lipinski definition) is 2. The number of aromatic amines is 1. The molecule has 1 amide bonds. The van der Waals surface area contributed by atoms with Crippen LogP contribution in [-0.2, 0) is 16.4 Å². The first kappa shape index (κ1) is 24.0. The zero-order valence-electron chi connectivity index (χ0n) is 21.8. The highest BCUT2D eigenvalue weighted by atomic mass is 32.1. The molecule has 2 aliphatic rings. The molecule has 1 aliphatic carbocycles. The molecule has 1 saturated heterocycles. The molecule has 9 heteroatoms. The minimum absolute atomic E-state index is 0.0209. The number of nitrogens with zero attached hydrogens (tertiary/aromatic N) is 5. The number of piperidine rings is 1. The topological polar surface area (TPSA) is 78.7 Å². The summed E-state index contributed by atoms with van der Waals surface area (Å²) in [6, 6.07) is 0.507. The Morgan fingerprint density at radius 2 is 2.06 bits per heavy atom. The lowest BCUT2D eigenvalue weighted by molar-refractivity contribution is -0.119. The molecule has 6 rings (SSSR count). The van der Waals surface area contributed by atoms with Crippen molar-refractivity contribution in [2.75, 3.05) is 19.3 Å². The van der Waals surface area contributed by atoms with Crippen LogP contribution in [0.4, 0.5) is 0 Å². The SMILES string of the molecule is C/[SH]=N/C(=O)CN1CC2CC1C[C@H]2c1sc2[nH]c(-c3cn4ncnc4c(C)c3C)c(C(C)C)c2c1C. The lowest BCUT2D eigenvalue weighted by Gasteiger charge is -2.30. The van der Waals surface area contributed by atoms with Crippen LogP contribution in [0.3, 0.4) is 0 Å². The maximum atomic E-state index is 12.1. The highest BCUT2D eigenvalue weighted by molar-refractivity contribution is 7.67. The molecule has 36 heavy (non-hydrogen) atoms. The fourth-order valence-corrected chi connectivity index (χ4v) is 8.44. The van der Waals surface area contributed by atoms with Crippen molar-refractivity contribution in [1.82, 2.24) is 24.5 Å². The summed E-state index contributed by atoms with van der Waals surface area (Å²) < 4.78 is 5.95. The molecule has 0 aromatic carbocycles. The molecule has 4 aromatic heterocycles. The van der Waals surface area contributed by atoms with Crippen molar-refractivity contribution >= 4 is 44.7 Å². The van der Waals surface area contributed by atoms with E-state index in [2.05, 4.69) is 65.1 Å². The number of carbonyl (C=O) groups is 1. The number of H-pyrrole nitrogens is 1. The van der Waals surface area contributed by atoms with Gasteiger partial charge in [-0.25, -0.2) is 9.50 Å². The molecule has 2 fully saturated rings. The summed E-state index contributed by atoms with van der Waals surface area (Å²) in [6.45, 7) is 12.7. The van der Waals surface area contributed by atoms with Gasteiger partial charge in [0.2, 0.25) is 0 Å². The third-order valence-electron chi connectivity index (χ3n) is 8.48. The van der Waals surface area contributed by atoms with Gasteiger partial charge >= 0.3 is 0 Å². The number of aryl methyl sites for hydroxylation is 2. The molecule has 1 aliphatic heterocycles. The molecule has 7 nitrogen and oxygen atoms in total. The quantitative estimate of drug-likeness (QED) is 0.348. The second-order valence-electron chi connectivity index (χ2n) is 10.8. The number of nitrogens with one attached hydrogen (secondary N) is 1. The van der Waals surface area contributed by atoms with Gasteiger partial charge in [-0.1, -0.05) is 13.8 Å². The first-order chi connectivity index (χ1) is 17.3. The van der Waals surface area contributed by atoms with Crippen molar-refractivity contribution in [3.63, 3.8) is 0 Å². The zero-order chi connectivity index (χ0) is 25.3. The molecule has 5 heterocycles. The molecule has 1 N–H and O–H groups in total. The van der Waals surface area contributed by atoms with Gasteiger partial charge in [0.05, 0.1) is 12.2 Å². The Hall–Kier alpha value is -2.36. The van der Waals surface area contributed by atoms with E-state index < -0.39 is 0 Å². The smallest absolute Gasteiger partial charge is 0.265 e.